The van der Waals surface area contributed by atoms with Crippen LogP contribution in [0, 0.1) is 13.8 Å². The molecule has 0 spiro atoms. The van der Waals surface area contributed by atoms with Crippen molar-refractivity contribution < 1.29 is 19.0 Å². The van der Waals surface area contributed by atoms with Crippen LogP contribution in [0.1, 0.15) is 25.2 Å². The summed E-state index contributed by atoms with van der Waals surface area (Å²) in [6.07, 6.45) is 0. The van der Waals surface area contributed by atoms with Crippen molar-refractivity contribution in [2.24, 2.45) is 0 Å². The van der Waals surface area contributed by atoms with E-state index in [1.807, 2.05) is 50.3 Å². The fourth-order valence-electron chi connectivity index (χ4n) is 3.85. The molecule has 1 amide bonds. The highest BCUT2D eigenvalue weighted by molar-refractivity contribution is 7.99. The third-order valence-electron chi connectivity index (χ3n) is 5.28. The van der Waals surface area contributed by atoms with Crippen molar-refractivity contribution in [3.05, 3.63) is 29.6 Å². The number of hydrogen-bond donors (Lipinski definition) is 1. The Kier molecular flexibility index (Phi) is 7.73. The zero-order valence-electron chi connectivity index (χ0n) is 20.0. The van der Waals surface area contributed by atoms with Crippen LogP contribution >= 0.6 is 11.8 Å². The molecule has 0 radical (unpaired) electrons. The molecule has 3 aromatic rings. The molecule has 1 aliphatic heterocycles. The van der Waals surface area contributed by atoms with Gasteiger partial charge in [-0.3, -0.25) is 9.20 Å². The molecule has 0 saturated carbocycles. The van der Waals surface area contributed by atoms with Crippen LogP contribution in [0.25, 0.3) is 5.78 Å². The molecule has 1 N–H and O–H groups in total. The van der Waals surface area contributed by atoms with Crippen LogP contribution in [-0.2, 0) is 9.53 Å². The Morgan fingerprint density at radius 3 is 2.56 bits per heavy atom. The highest BCUT2D eigenvalue weighted by atomic mass is 32.2. The minimum atomic E-state index is -0.179. The van der Waals surface area contributed by atoms with Gasteiger partial charge in [-0.15, -0.1) is 10.2 Å². The summed E-state index contributed by atoms with van der Waals surface area (Å²) in [6, 6.07) is 5.73. The largest absolute Gasteiger partial charge is 0.492 e. The third-order valence-corrected chi connectivity index (χ3v) is 6.21. The van der Waals surface area contributed by atoms with E-state index < -0.39 is 0 Å². The standard InChI is InChI=1S/C23H30N6O4S/c1-5-32-19-13-18(28-7-9-31-10-8-28)20(33-6-2)12-17(19)25-21(30)14-34-23-27-26-22-24-15(3)11-16(4)29(22)23/h11-13H,5-10,14H2,1-4H3,(H,25,30). The van der Waals surface area contributed by atoms with Gasteiger partial charge in [0.1, 0.15) is 11.5 Å². The normalized spacial score (nSPS) is 13.8. The van der Waals surface area contributed by atoms with E-state index >= 15 is 0 Å². The van der Waals surface area contributed by atoms with E-state index in [2.05, 4.69) is 25.4 Å². The molecule has 0 bridgehead atoms. The zero-order chi connectivity index (χ0) is 24.1. The van der Waals surface area contributed by atoms with E-state index in [1.54, 1.807) is 0 Å². The molecule has 182 valence electrons. The number of amides is 1. The molecule has 4 rings (SSSR count). The minimum Gasteiger partial charge on any atom is -0.492 e. The maximum absolute atomic E-state index is 12.9. The Bertz CT molecular complexity index is 1160. The lowest BCUT2D eigenvalue weighted by Gasteiger charge is -2.31. The Morgan fingerprint density at radius 1 is 1.09 bits per heavy atom. The third kappa shape index (κ3) is 5.36. The predicted octanol–water partition coefficient (Wildman–Crippen LogP) is 3.11. The molecular formula is C23H30N6O4S. The van der Waals surface area contributed by atoms with Crippen molar-refractivity contribution in [3.8, 4) is 11.5 Å². The molecule has 34 heavy (non-hydrogen) atoms. The van der Waals surface area contributed by atoms with Gasteiger partial charge in [0.2, 0.25) is 5.91 Å². The van der Waals surface area contributed by atoms with Crippen LogP contribution in [0.3, 0.4) is 0 Å². The Balaban J connectivity index is 1.52. The van der Waals surface area contributed by atoms with Crippen LogP contribution in [0.2, 0.25) is 0 Å². The van der Waals surface area contributed by atoms with Crippen molar-refractivity contribution in [3.63, 3.8) is 0 Å². The number of fused-ring (bicyclic) bond motifs is 1. The fraction of sp³-hybridized carbons (Fsp3) is 0.478. The fourth-order valence-corrected chi connectivity index (χ4v) is 4.64. The van der Waals surface area contributed by atoms with Gasteiger partial charge in [-0.2, -0.15) is 0 Å². The summed E-state index contributed by atoms with van der Waals surface area (Å²) in [5.41, 5.74) is 3.36. The number of nitrogens with one attached hydrogen (secondary N) is 1. The second kappa shape index (κ2) is 10.9. The molecule has 1 aliphatic rings. The average Bonchev–Trinajstić information content (AvgIpc) is 3.23. The summed E-state index contributed by atoms with van der Waals surface area (Å²) >= 11 is 1.31. The number of anilines is 2. The number of nitrogens with zero attached hydrogens (tertiary/aromatic N) is 5. The van der Waals surface area contributed by atoms with Crippen LogP contribution in [0.5, 0.6) is 11.5 Å². The molecule has 10 nitrogen and oxygen atoms in total. The first kappa shape index (κ1) is 24.1. The van der Waals surface area contributed by atoms with E-state index in [0.717, 1.165) is 30.2 Å². The topological polar surface area (TPSA) is 103 Å². The second-order valence-corrected chi connectivity index (χ2v) is 8.72. The van der Waals surface area contributed by atoms with Gasteiger partial charge in [0.15, 0.2) is 5.16 Å². The maximum Gasteiger partial charge on any atom is 0.256 e. The summed E-state index contributed by atoms with van der Waals surface area (Å²) in [7, 11) is 0. The molecule has 11 heteroatoms. The molecule has 1 aromatic carbocycles. The molecule has 2 aromatic heterocycles. The van der Waals surface area contributed by atoms with Gasteiger partial charge in [-0.1, -0.05) is 11.8 Å². The number of aryl methyl sites for hydroxylation is 2. The summed E-state index contributed by atoms with van der Waals surface area (Å²) in [6.45, 7) is 11.6. The van der Waals surface area contributed by atoms with Crippen molar-refractivity contribution >= 4 is 34.8 Å². The number of aromatic nitrogens is 4. The van der Waals surface area contributed by atoms with Gasteiger partial charge in [0.25, 0.3) is 5.78 Å². The van der Waals surface area contributed by atoms with Gasteiger partial charge in [-0.05, 0) is 33.8 Å². The average molecular weight is 487 g/mol. The number of carbonyl (C=O) groups excluding carboxylic acids is 1. The van der Waals surface area contributed by atoms with Crippen molar-refractivity contribution in [1.82, 2.24) is 19.6 Å². The molecule has 1 fully saturated rings. The summed E-state index contributed by atoms with van der Waals surface area (Å²) in [4.78, 5) is 19.5. The monoisotopic (exact) mass is 486 g/mol. The number of ether oxygens (including phenoxy) is 3. The number of morpholine rings is 1. The summed E-state index contributed by atoms with van der Waals surface area (Å²) in [5, 5.41) is 11.9. The molecule has 0 unspecified atom stereocenters. The lowest BCUT2D eigenvalue weighted by Crippen LogP contribution is -2.36. The van der Waals surface area contributed by atoms with E-state index in [-0.39, 0.29) is 11.7 Å². The van der Waals surface area contributed by atoms with Crippen LogP contribution in [0.4, 0.5) is 11.4 Å². The Labute approximate surface area is 203 Å². The van der Waals surface area contributed by atoms with E-state index in [1.165, 1.54) is 11.8 Å². The highest BCUT2D eigenvalue weighted by Crippen LogP contribution is 2.39. The van der Waals surface area contributed by atoms with Gasteiger partial charge in [-0.25, -0.2) is 4.98 Å². The Morgan fingerprint density at radius 2 is 1.82 bits per heavy atom. The zero-order valence-corrected chi connectivity index (χ0v) is 20.8. The summed E-state index contributed by atoms with van der Waals surface area (Å²) in [5.74, 6) is 1.82. The van der Waals surface area contributed by atoms with E-state index in [4.69, 9.17) is 14.2 Å². The highest BCUT2D eigenvalue weighted by Gasteiger charge is 2.21. The first-order valence-electron chi connectivity index (χ1n) is 11.4. The van der Waals surface area contributed by atoms with Gasteiger partial charge in [0.05, 0.1) is 43.6 Å². The number of carbonyl (C=O) groups is 1. The number of benzene rings is 1. The molecule has 0 atom stereocenters. The Hall–Kier alpha value is -3.05. The molecule has 3 heterocycles. The predicted molar refractivity (Wildman–Crippen MR) is 131 cm³/mol. The van der Waals surface area contributed by atoms with Gasteiger partial charge < -0.3 is 24.4 Å². The van der Waals surface area contributed by atoms with Crippen molar-refractivity contribution in [2.75, 3.05) is 55.5 Å². The summed E-state index contributed by atoms with van der Waals surface area (Å²) < 4.78 is 19.1. The van der Waals surface area contributed by atoms with E-state index in [9.17, 15) is 4.79 Å². The second-order valence-electron chi connectivity index (χ2n) is 7.78. The quantitative estimate of drug-likeness (QED) is 0.457. The van der Waals surface area contributed by atoms with Crippen LogP contribution in [-0.4, -0.2) is 70.8 Å². The molecule has 1 saturated heterocycles. The minimum absolute atomic E-state index is 0.162. The van der Waals surface area contributed by atoms with E-state index in [0.29, 0.717) is 54.5 Å². The first-order chi connectivity index (χ1) is 16.5. The molecular weight excluding hydrogens is 456 g/mol. The lowest BCUT2D eigenvalue weighted by molar-refractivity contribution is -0.113. The van der Waals surface area contributed by atoms with Gasteiger partial charge >= 0.3 is 0 Å². The maximum atomic E-state index is 12.9. The first-order valence-corrected chi connectivity index (χ1v) is 12.4. The van der Waals surface area contributed by atoms with Crippen LogP contribution in [0.15, 0.2) is 23.4 Å². The lowest BCUT2D eigenvalue weighted by atomic mass is 10.2. The van der Waals surface area contributed by atoms with Gasteiger partial charge in [0, 0.05) is 36.6 Å². The number of rotatable bonds is 9. The number of thioether (sulfide) groups is 1. The van der Waals surface area contributed by atoms with Crippen LogP contribution < -0.4 is 19.7 Å². The smallest absolute Gasteiger partial charge is 0.256 e. The SMILES string of the molecule is CCOc1cc(N2CCOCC2)c(OCC)cc1NC(=O)CSc1nnc2nc(C)cc(C)n12. The van der Waals surface area contributed by atoms with Crippen molar-refractivity contribution in [2.45, 2.75) is 32.9 Å². The van der Waals surface area contributed by atoms with Crippen molar-refractivity contribution in [1.29, 1.82) is 0 Å². The molecule has 0 aliphatic carbocycles. The number of hydrogen-bond acceptors (Lipinski definition) is 9.